The molecular formula is C23H18ClN3O4S. The van der Waals surface area contributed by atoms with Crippen LogP contribution in [0.15, 0.2) is 88.6 Å². The van der Waals surface area contributed by atoms with E-state index in [4.69, 9.17) is 11.6 Å². The lowest BCUT2D eigenvalue weighted by Crippen LogP contribution is -2.21. The molecule has 9 heteroatoms. The number of rotatable bonds is 5. The number of carbonyl (C=O) groups excluding carboxylic acids is 1. The fourth-order valence-corrected chi connectivity index (χ4v) is 4.50. The Hall–Kier alpha value is -3.62. The average Bonchev–Trinajstić information content (AvgIpc) is 2.78. The van der Waals surface area contributed by atoms with E-state index in [0.29, 0.717) is 21.6 Å². The number of halogens is 1. The molecule has 7 nitrogen and oxygen atoms in total. The monoisotopic (exact) mass is 467 g/mol. The zero-order chi connectivity index (χ0) is 22.9. The minimum absolute atomic E-state index is 0.0286. The largest absolute Gasteiger partial charge is 0.322 e. The molecule has 1 amide bonds. The van der Waals surface area contributed by atoms with Crippen LogP contribution in [-0.4, -0.2) is 18.9 Å². The van der Waals surface area contributed by atoms with E-state index >= 15 is 0 Å². The lowest BCUT2D eigenvalue weighted by molar-refractivity contribution is 0.102. The van der Waals surface area contributed by atoms with Crippen LogP contribution in [-0.2, 0) is 17.1 Å². The van der Waals surface area contributed by atoms with Gasteiger partial charge < -0.3 is 9.88 Å². The summed E-state index contributed by atoms with van der Waals surface area (Å²) >= 11 is 5.84. The first-order chi connectivity index (χ1) is 15.2. The number of sulfonamides is 1. The SMILES string of the molecule is Cn1c(=O)cc(C(=O)Nc2cccc(S(=O)(=O)Nc3ccc(Cl)cc3)c2)c2ccccc21. The van der Waals surface area contributed by atoms with E-state index in [1.54, 1.807) is 61.6 Å². The Bertz CT molecular complexity index is 1500. The number of fused-ring (bicyclic) bond motifs is 1. The van der Waals surface area contributed by atoms with Crippen molar-refractivity contribution in [3.63, 3.8) is 0 Å². The Balaban J connectivity index is 1.63. The van der Waals surface area contributed by atoms with E-state index in [9.17, 15) is 18.0 Å². The molecule has 0 aliphatic carbocycles. The van der Waals surface area contributed by atoms with Gasteiger partial charge in [-0.15, -0.1) is 0 Å². The Morgan fingerprint density at radius 3 is 2.38 bits per heavy atom. The third-order valence-electron chi connectivity index (χ3n) is 4.90. The van der Waals surface area contributed by atoms with Gasteiger partial charge >= 0.3 is 0 Å². The fraction of sp³-hybridized carbons (Fsp3) is 0.0435. The zero-order valence-electron chi connectivity index (χ0n) is 16.9. The summed E-state index contributed by atoms with van der Waals surface area (Å²) in [5.41, 5.74) is 1.14. The molecule has 0 radical (unpaired) electrons. The molecule has 0 aliphatic rings. The van der Waals surface area contributed by atoms with E-state index < -0.39 is 15.9 Å². The van der Waals surface area contributed by atoms with Crippen LogP contribution >= 0.6 is 11.6 Å². The van der Waals surface area contributed by atoms with Crippen molar-refractivity contribution in [2.45, 2.75) is 4.90 Å². The molecule has 0 saturated carbocycles. The van der Waals surface area contributed by atoms with Gasteiger partial charge in [-0.2, -0.15) is 0 Å². The Morgan fingerprint density at radius 2 is 1.62 bits per heavy atom. The number of hydrogen-bond donors (Lipinski definition) is 2. The zero-order valence-corrected chi connectivity index (χ0v) is 18.4. The van der Waals surface area contributed by atoms with Gasteiger partial charge in [0.05, 0.1) is 16.0 Å². The molecule has 0 fully saturated rings. The van der Waals surface area contributed by atoms with E-state index in [1.165, 1.54) is 28.8 Å². The molecule has 1 heterocycles. The van der Waals surface area contributed by atoms with Crippen LogP contribution in [0.1, 0.15) is 10.4 Å². The fourth-order valence-electron chi connectivity index (χ4n) is 3.27. The summed E-state index contributed by atoms with van der Waals surface area (Å²) in [6.45, 7) is 0. The summed E-state index contributed by atoms with van der Waals surface area (Å²) in [4.78, 5) is 25.2. The summed E-state index contributed by atoms with van der Waals surface area (Å²) in [5, 5.41) is 3.78. The highest BCUT2D eigenvalue weighted by atomic mass is 35.5. The summed E-state index contributed by atoms with van der Waals surface area (Å²) in [7, 11) is -2.26. The number of para-hydroxylation sites is 1. The Morgan fingerprint density at radius 1 is 0.906 bits per heavy atom. The van der Waals surface area contributed by atoms with Crippen LogP contribution in [0.25, 0.3) is 10.9 Å². The second kappa shape index (κ2) is 8.49. The number of aryl methyl sites for hydroxylation is 1. The van der Waals surface area contributed by atoms with E-state index in [1.807, 2.05) is 0 Å². The van der Waals surface area contributed by atoms with Crippen LogP contribution in [0.2, 0.25) is 5.02 Å². The molecule has 162 valence electrons. The molecule has 0 bridgehead atoms. The number of hydrogen-bond acceptors (Lipinski definition) is 4. The van der Waals surface area contributed by atoms with Gasteiger partial charge in [-0.25, -0.2) is 8.42 Å². The maximum Gasteiger partial charge on any atom is 0.261 e. The van der Waals surface area contributed by atoms with Gasteiger partial charge in [0.25, 0.3) is 21.5 Å². The second-order valence-corrected chi connectivity index (χ2v) is 9.19. The third kappa shape index (κ3) is 4.37. The van der Waals surface area contributed by atoms with Gasteiger partial charge in [-0.05, 0) is 48.5 Å². The number of anilines is 2. The number of carbonyl (C=O) groups is 1. The number of aromatic nitrogens is 1. The smallest absolute Gasteiger partial charge is 0.261 e. The molecule has 2 N–H and O–H groups in total. The minimum atomic E-state index is -3.89. The predicted octanol–water partition coefficient (Wildman–Crippen LogP) is 4.25. The standard InChI is InChI=1S/C23H18ClN3O4S/c1-27-21-8-3-2-7-19(21)20(14-22(27)28)23(29)25-17-5-4-6-18(13-17)32(30,31)26-16-11-9-15(24)10-12-16/h2-14,26H,1H3,(H,25,29). The average molecular weight is 468 g/mol. The van der Waals surface area contributed by atoms with Crippen molar-refractivity contribution >= 4 is 49.8 Å². The minimum Gasteiger partial charge on any atom is -0.322 e. The van der Waals surface area contributed by atoms with E-state index in [0.717, 1.165) is 0 Å². The van der Waals surface area contributed by atoms with Gasteiger partial charge in [0, 0.05) is 34.9 Å². The van der Waals surface area contributed by atoms with Crippen molar-refractivity contribution in [3.8, 4) is 0 Å². The Labute approximate surface area is 189 Å². The van der Waals surface area contributed by atoms with Gasteiger partial charge in [0.1, 0.15) is 0 Å². The van der Waals surface area contributed by atoms with Crippen LogP contribution in [0.5, 0.6) is 0 Å². The normalized spacial score (nSPS) is 11.3. The van der Waals surface area contributed by atoms with Crippen LogP contribution in [0.4, 0.5) is 11.4 Å². The molecule has 0 saturated heterocycles. The van der Waals surface area contributed by atoms with Crippen molar-refractivity contribution < 1.29 is 13.2 Å². The first-order valence-corrected chi connectivity index (χ1v) is 11.4. The molecule has 4 rings (SSSR count). The lowest BCUT2D eigenvalue weighted by Gasteiger charge is -2.12. The maximum absolute atomic E-state index is 12.9. The van der Waals surface area contributed by atoms with Crippen molar-refractivity contribution in [2.24, 2.45) is 7.05 Å². The molecule has 3 aromatic carbocycles. The number of benzene rings is 3. The molecule has 0 unspecified atom stereocenters. The molecule has 0 spiro atoms. The third-order valence-corrected chi connectivity index (χ3v) is 6.53. The molecule has 0 atom stereocenters. The summed E-state index contributed by atoms with van der Waals surface area (Å²) < 4.78 is 29.4. The van der Waals surface area contributed by atoms with Crippen LogP contribution in [0, 0.1) is 0 Å². The molecular weight excluding hydrogens is 450 g/mol. The quantitative estimate of drug-likeness (QED) is 0.458. The highest BCUT2D eigenvalue weighted by molar-refractivity contribution is 7.92. The van der Waals surface area contributed by atoms with Gasteiger partial charge in [0.15, 0.2) is 0 Å². The van der Waals surface area contributed by atoms with Crippen molar-refractivity contribution in [1.29, 1.82) is 0 Å². The lowest BCUT2D eigenvalue weighted by atomic mass is 10.1. The van der Waals surface area contributed by atoms with Gasteiger partial charge in [-0.1, -0.05) is 35.9 Å². The van der Waals surface area contributed by atoms with Crippen molar-refractivity contribution in [3.05, 3.63) is 99.8 Å². The molecule has 0 aliphatic heterocycles. The van der Waals surface area contributed by atoms with Crippen molar-refractivity contribution in [2.75, 3.05) is 10.0 Å². The maximum atomic E-state index is 12.9. The molecule has 1 aromatic heterocycles. The first-order valence-electron chi connectivity index (χ1n) is 9.53. The first kappa shape index (κ1) is 21.6. The topological polar surface area (TPSA) is 97.3 Å². The second-order valence-electron chi connectivity index (χ2n) is 7.07. The summed E-state index contributed by atoms with van der Waals surface area (Å²) in [6, 6.07) is 20.4. The van der Waals surface area contributed by atoms with Crippen LogP contribution < -0.4 is 15.6 Å². The number of nitrogens with zero attached hydrogens (tertiary/aromatic N) is 1. The number of nitrogens with one attached hydrogen (secondary N) is 2. The number of amides is 1. The Kier molecular flexibility index (Phi) is 5.73. The van der Waals surface area contributed by atoms with Crippen LogP contribution in [0.3, 0.4) is 0 Å². The highest BCUT2D eigenvalue weighted by Gasteiger charge is 2.17. The van der Waals surface area contributed by atoms with E-state index in [2.05, 4.69) is 10.0 Å². The molecule has 4 aromatic rings. The van der Waals surface area contributed by atoms with Gasteiger partial charge in [-0.3, -0.25) is 14.3 Å². The number of pyridine rings is 1. The highest BCUT2D eigenvalue weighted by Crippen LogP contribution is 2.22. The van der Waals surface area contributed by atoms with Gasteiger partial charge in [0.2, 0.25) is 0 Å². The summed E-state index contributed by atoms with van der Waals surface area (Å²) in [6.07, 6.45) is 0. The predicted molar refractivity (Wildman–Crippen MR) is 126 cm³/mol. The van der Waals surface area contributed by atoms with E-state index in [-0.39, 0.29) is 21.7 Å². The van der Waals surface area contributed by atoms with Crippen molar-refractivity contribution in [1.82, 2.24) is 4.57 Å². The summed E-state index contributed by atoms with van der Waals surface area (Å²) in [5.74, 6) is -0.515. The molecule has 32 heavy (non-hydrogen) atoms.